The lowest BCUT2D eigenvalue weighted by Crippen LogP contribution is -2.46. The Labute approximate surface area is 182 Å². The van der Waals surface area contributed by atoms with Crippen molar-refractivity contribution in [2.45, 2.75) is 25.3 Å². The normalized spacial score (nSPS) is 11.3. The molecule has 31 heavy (non-hydrogen) atoms. The molecule has 0 unspecified atom stereocenters. The summed E-state index contributed by atoms with van der Waals surface area (Å²) in [6.07, 6.45) is 6.91. The van der Waals surface area contributed by atoms with Crippen molar-refractivity contribution < 1.29 is 19.2 Å². The maximum Gasteiger partial charge on any atom is 0.268 e. The number of unbranched alkanes of at least 4 members (excludes halogenated alkanes) is 1. The van der Waals surface area contributed by atoms with Gasteiger partial charge in [-0.05, 0) is 25.3 Å². The number of rotatable bonds is 12. The molecule has 0 aliphatic rings. The number of carbonyl (C=O) groups is 2. The van der Waals surface area contributed by atoms with Gasteiger partial charge in [-0.1, -0.05) is 30.4 Å². The Balaban J connectivity index is 2.24. The molecule has 0 radical (unpaired) electrons. The van der Waals surface area contributed by atoms with Gasteiger partial charge in [0.25, 0.3) is 11.8 Å². The first-order valence-corrected chi connectivity index (χ1v) is 9.91. The number of aromatic nitrogens is 2. The Bertz CT molecular complexity index is 916. The van der Waals surface area contributed by atoms with E-state index in [4.69, 9.17) is 9.57 Å². The predicted octanol–water partition coefficient (Wildman–Crippen LogP) is 3.18. The first kappa shape index (κ1) is 23.8. The molecule has 1 atom stereocenters. The Morgan fingerprint density at radius 1 is 1.23 bits per heavy atom. The second-order valence-electron chi connectivity index (χ2n) is 6.61. The van der Waals surface area contributed by atoms with Gasteiger partial charge in [0.2, 0.25) is 5.88 Å². The van der Waals surface area contributed by atoms with Crippen molar-refractivity contribution in [2.75, 3.05) is 20.8 Å². The van der Waals surface area contributed by atoms with Crippen LogP contribution in [0.4, 0.5) is 0 Å². The fraction of sp³-hybridized carbons (Fsp3) is 0.304. The van der Waals surface area contributed by atoms with E-state index in [-0.39, 0.29) is 12.3 Å². The summed E-state index contributed by atoms with van der Waals surface area (Å²) in [5.41, 5.74) is 0.870. The monoisotopic (exact) mass is 424 g/mol. The third kappa shape index (κ3) is 6.75. The number of hydrogen-bond donors (Lipinski definition) is 1. The lowest BCUT2D eigenvalue weighted by molar-refractivity contribution is -0.170. The molecule has 1 heterocycles. The van der Waals surface area contributed by atoms with Crippen molar-refractivity contribution in [3.63, 3.8) is 0 Å². The van der Waals surface area contributed by atoms with E-state index >= 15 is 0 Å². The number of hydrogen-bond acceptors (Lipinski definition) is 6. The molecule has 8 nitrogen and oxygen atoms in total. The minimum absolute atomic E-state index is 0.255. The van der Waals surface area contributed by atoms with Gasteiger partial charge >= 0.3 is 0 Å². The lowest BCUT2D eigenvalue weighted by Gasteiger charge is -2.22. The van der Waals surface area contributed by atoms with Crippen LogP contribution in [0.5, 0.6) is 5.88 Å². The summed E-state index contributed by atoms with van der Waals surface area (Å²) < 4.78 is 5.66. The van der Waals surface area contributed by atoms with Crippen LogP contribution in [-0.4, -0.2) is 53.7 Å². The number of nitrogens with one attached hydrogen (secondary N) is 1. The molecular weight excluding hydrogens is 396 g/mol. The second kappa shape index (κ2) is 12.2. The number of allylic oxidation sites excluding steroid dienone is 1. The van der Waals surface area contributed by atoms with Crippen molar-refractivity contribution in [3.8, 4) is 17.3 Å². The smallest absolute Gasteiger partial charge is 0.268 e. The van der Waals surface area contributed by atoms with Crippen LogP contribution in [0.15, 0.2) is 61.8 Å². The maximum atomic E-state index is 13.0. The van der Waals surface area contributed by atoms with Crippen molar-refractivity contribution in [3.05, 3.63) is 67.4 Å². The summed E-state index contributed by atoms with van der Waals surface area (Å²) in [6, 6.07) is 7.78. The van der Waals surface area contributed by atoms with Crippen LogP contribution in [0.25, 0.3) is 11.4 Å². The Kier molecular flexibility index (Phi) is 9.38. The van der Waals surface area contributed by atoms with Crippen LogP contribution in [0, 0.1) is 0 Å². The van der Waals surface area contributed by atoms with E-state index in [0.29, 0.717) is 29.4 Å². The van der Waals surface area contributed by atoms with E-state index in [0.717, 1.165) is 17.9 Å². The molecule has 8 heteroatoms. The van der Waals surface area contributed by atoms with Crippen molar-refractivity contribution in [2.24, 2.45) is 0 Å². The first-order chi connectivity index (χ1) is 15.0. The van der Waals surface area contributed by atoms with Crippen LogP contribution in [0.1, 0.15) is 29.6 Å². The van der Waals surface area contributed by atoms with Crippen LogP contribution in [0.2, 0.25) is 0 Å². The molecule has 0 bridgehead atoms. The zero-order valence-corrected chi connectivity index (χ0v) is 17.9. The van der Waals surface area contributed by atoms with Gasteiger partial charge in [-0.3, -0.25) is 14.4 Å². The summed E-state index contributed by atoms with van der Waals surface area (Å²) >= 11 is 0. The minimum atomic E-state index is -0.816. The SMILES string of the molecule is C=CCCCOc1ccnc(-c2ccccc2C(=O)N[C@@H](CC=C)C(=O)N(C)OC)n1. The molecule has 2 aromatic rings. The first-order valence-electron chi connectivity index (χ1n) is 9.91. The molecule has 1 N–H and O–H groups in total. The Morgan fingerprint density at radius 2 is 2.00 bits per heavy atom. The Hall–Kier alpha value is -3.52. The van der Waals surface area contributed by atoms with Crippen LogP contribution in [-0.2, 0) is 9.63 Å². The number of hydroxylamine groups is 2. The van der Waals surface area contributed by atoms with Crippen LogP contribution in [0.3, 0.4) is 0 Å². The van der Waals surface area contributed by atoms with Gasteiger partial charge in [0.1, 0.15) is 6.04 Å². The standard InChI is InChI=1S/C23H28N4O4/c1-5-7-10-16-31-20-14-15-24-21(26-20)17-12-8-9-13-18(17)22(28)25-19(11-6-2)23(29)27(3)30-4/h5-6,8-9,12-15,19H,1-2,7,10-11,16H2,3-4H3,(H,25,28)/t19-/m0/s1. The van der Waals surface area contributed by atoms with Crippen LogP contribution >= 0.6 is 0 Å². The summed E-state index contributed by atoms with van der Waals surface area (Å²) in [4.78, 5) is 39.1. The highest BCUT2D eigenvalue weighted by Crippen LogP contribution is 2.22. The lowest BCUT2D eigenvalue weighted by atomic mass is 10.0. The van der Waals surface area contributed by atoms with Gasteiger partial charge in [-0.15, -0.1) is 13.2 Å². The third-order valence-electron chi connectivity index (χ3n) is 4.44. The topological polar surface area (TPSA) is 93.6 Å². The summed E-state index contributed by atoms with van der Waals surface area (Å²) in [6.45, 7) is 7.85. The molecular formula is C23H28N4O4. The third-order valence-corrected chi connectivity index (χ3v) is 4.44. The molecule has 0 saturated heterocycles. The molecule has 2 amide bonds. The summed E-state index contributed by atoms with van der Waals surface area (Å²) in [5.74, 6) is -0.0427. The van der Waals surface area contributed by atoms with Gasteiger partial charge in [-0.2, -0.15) is 4.98 Å². The van der Waals surface area contributed by atoms with Crippen molar-refractivity contribution in [1.29, 1.82) is 0 Å². The maximum absolute atomic E-state index is 13.0. The van der Waals surface area contributed by atoms with E-state index in [1.165, 1.54) is 14.2 Å². The second-order valence-corrected chi connectivity index (χ2v) is 6.61. The van der Waals surface area contributed by atoms with Gasteiger partial charge in [-0.25, -0.2) is 10.0 Å². The molecule has 0 aliphatic heterocycles. The van der Waals surface area contributed by atoms with E-state index in [1.807, 2.05) is 6.08 Å². The molecule has 0 saturated carbocycles. The van der Waals surface area contributed by atoms with E-state index in [1.54, 1.807) is 42.6 Å². The van der Waals surface area contributed by atoms with Gasteiger partial charge in [0.15, 0.2) is 5.82 Å². The minimum Gasteiger partial charge on any atom is -0.478 e. The molecule has 0 fully saturated rings. The highest BCUT2D eigenvalue weighted by atomic mass is 16.7. The summed E-state index contributed by atoms with van der Waals surface area (Å²) in [5, 5.41) is 3.81. The van der Waals surface area contributed by atoms with Crippen LogP contribution < -0.4 is 10.1 Å². The predicted molar refractivity (Wildman–Crippen MR) is 118 cm³/mol. The Morgan fingerprint density at radius 3 is 2.71 bits per heavy atom. The molecule has 1 aromatic carbocycles. The number of amides is 2. The number of carbonyl (C=O) groups excluding carboxylic acids is 2. The van der Waals surface area contributed by atoms with Crippen molar-refractivity contribution >= 4 is 11.8 Å². The largest absolute Gasteiger partial charge is 0.478 e. The van der Waals surface area contributed by atoms with Gasteiger partial charge < -0.3 is 10.1 Å². The fourth-order valence-electron chi connectivity index (χ4n) is 2.77. The highest BCUT2D eigenvalue weighted by molar-refractivity contribution is 6.02. The quantitative estimate of drug-likeness (QED) is 0.320. The zero-order valence-electron chi connectivity index (χ0n) is 17.9. The number of benzene rings is 1. The van der Waals surface area contributed by atoms with E-state index in [2.05, 4.69) is 28.4 Å². The van der Waals surface area contributed by atoms with Gasteiger partial charge in [0.05, 0.1) is 19.3 Å². The number of ether oxygens (including phenoxy) is 1. The fourth-order valence-corrected chi connectivity index (χ4v) is 2.77. The number of likely N-dealkylation sites (N-methyl/N-ethyl adjacent to an activating group) is 1. The average molecular weight is 425 g/mol. The van der Waals surface area contributed by atoms with E-state index < -0.39 is 11.9 Å². The van der Waals surface area contributed by atoms with Crippen molar-refractivity contribution in [1.82, 2.24) is 20.3 Å². The average Bonchev–Trinajstić information content (AvgIpc) is 2.80. The zero-order chi connectivity index (χ0) is 22.6. The molecule has 0 aliphatic carbocycles. The molecule has 0 spiro atoms. The van der Waals surface area contributed by atoms with E-state index in [9.17, 15) is 9.59 Å². The summed E-state index contributed by atoms with van der Waals surface area (Å²) in [7, 11) is 2.86. The number of nitrogens with zero attached hydrogens (tertiary/aromatic N) is 3. The molecule has 2 rings (SSSR count). The highest BCUT2D eigenvalue weighted by Gasteiger charge is 2.25. The van der Waals surface area contributed by atoms with Gasteiger partial charge in [0, 0.05) is 24.9 Å². The molecule has 1 aromatic heterocycles. The molecule has 164 valence electrons.